The van der Waals surface area contributed by atoms with E-state index >= 15 is 0 Å². The molecule has 2 atom stereocenters. The van der Waals surface area contributed by atoms with Crippen molar-refractivity contribution in [3.8, 4) is 0 Å². The summed E-state index contributed by atoms with van der Waals surface area (Å²) < 4.78 is 32.8. The van der Waals surface area contributed by atoms with E-state index in [2.05, 4.69) is 38.2 Å². The molecule has 0 saturated carbocycles. The number of unbranched alkanes of at least 4 members (excludes halogenated alkanes) is 26. The highest BCUT2D eigenvalue weighted by Crippen LogP contribution is 2.43. The third-order valence-corrected chi connectivity index (χ3v) is 10.8. The standard InChI is InChI=1S/C45H86NO8P/c1-3-5-7-9-11-13-15-17-19-20-21-22-24-25-27-29-31-33-35-37-44(47)51-41-43(42-53-55(49,50)52-40-39-46)54-45(48)38-36-34-32-30-28-26-23-18-16-14-12-10-8-6-4-2/h10,12,17,19,43H,3-9,11,13-16,18,20-42,46H2,1-2H3,(H,49,50)/b12-10+,19-17+/t43-/m1/s1. The summed E-state index contributed by atoms with van der Waals surface area (Å²) in [4.78, 5) is 34.9. The maximum atomic E-state index is 12.6. The van der Waals surface area contributed by atoms with Crippen LogP contribution in [0.2, 0.25) is 0 Å². The summed E-state index contributed by atoms with van der Waals surface area (Å²) in [6, 6.07) is 0. The van der Waals surface area contributed by atoms with Gasteiger partial charge in [0, 0.05) is 19.4 Å². The zero-order valence-corrected chi connectivity index (χ0v) is 36.6. The predicted molar refractivity (Wildman–Crippen MR) is 229 cm³/mol. The minimum Gasteiger partial charge on any atom is -0.462 e. The second-order valence-electron chi connectivity index (χ2n) is 15.3. The van der Waals surface area contributed by atoms with Crippen LogP contribution in [0.25, 0.3) is 0 Å². The summed E-state index contributed by atoms with van der Waals surface area (Å²) >= 11 is 0. The molecule has 0 radical (unpaired) electrons. The molecule has 324 valence electrons. The van der Waals surface area contributed by atoms with Crippen molar-refractivity contribution in [2.75, 3.05) is 26.4 Å². The molecule has 0 heterocycles. The fourth-order valence-electron chi connectivity index (χ4n) is 6.38. The van der Waals surface area contributed by atoms with Crippen molar-refractivity contribution < 1.29 is 37.6 Å². The van der Waals surface area contributed by atoms with Crippen molar-refractivity contribution >= 4 is 19.8 Å². The minimum absolute atomic E-state index is 0.0541. The number of phosphoric ester groups is 1. The number of rotatable bonds is 43. The normalized spacial score (nSPS) is 13.5. The Kier molecular flexibility index (Phi) is 40.9. The first-order valence-corrected chi connectivity index (χ1v) is 24.3. The fraction of sp³-hybridized carbons (Fsp3) is 0.867. The number of phosphoric acid groups is 1. The number of allylic oxidation sites excluding steroid dienone is 4. The first-order chi connectivity index (χ1) is 26.8. The molecule has 0 bridgehead atoms. The molecule has 0 fully saturated rings. The minimum atomic E-state index is -4.37. The van der Waals surface area contributed by atoms with Crippen LogP contribution in [-0.2, 0) is 32.7 Å². The molecular weight excluding hydrogens is 713 g/mol. The molecule has 3 N–H and O–H groups in total. The van der Waals surface area contributed by atoms with Crippen molar-refractivity contribution in [1.29, 1.82) is 0 Å². The zero-order chi connectivity index (χ0) is 40.3. The number of nitrogens with two attached hydrogens (primary N) is 1. The van der Waals surface area contributed by atoms with Gasteiger partial charge in [-0.25, -0.2) is 4.57 Å². The van der Waals surface area contributed by atoms with E-state index in [1.165, 1.54) is 148 Å². The Hall–Kier alpha value is -1.51. The van der Waals surface area contributed by atoms with Crippen molar-refractivity contribution in [2.24, 2.45) is 5.73 Å². The highest BCUT2D eigenvalue weighted by atomic mass is 31.2. The molecule has 0 aliphatic rings. The monoisotopic (exact) mass is 800 g/mol. The lowest BCUT2D eigenvalue weighted by molar-refractivity contribution is -0.161. The topological polar surface area (TPSA) is 134 Å². The maximum Gasteiger partial charge on any atom is 0.472 e. The molecule has 0 aliphatic carbocycles. The van der Waals surface area contributed by atoms with E-state index in [4.69, 9.17) is 24.3 Å². The zero-order valence-electron chi connectivity index (χ0n) is 35.7. The molecule has 0 amide bonds. The van der Waals surface area contributed by atoms with E-state index in [0.29, 0.717) is 6.42 Å². The van der Waals surface area contributed by atoms with Crippen LogP contribution < -0.4 is 5.73 Å². The molecule has 0 spiro atoms. The molecule has 0 rings (SSSR count). The number of esters is 2. The Morgan fingerprint density at radius 3 is 1.35 bits per heavy atom. The molecule has 55 heavy (non-hydrogen) atoms. The van der Waals surface area contributed by atoms with Crippen LogP contribution in [0.1, 0.15) is 219 Å². The van der Waals surface area contributed by atoms with Crippen LogP contribution in [0.5, 0.6) is 0 Å². The lowest BCUT2D eigenvalue weighted by atomic mass is 10.1. The summed E-state index contributed by atoms with van der Waals surface area (Å²) in [7, 11) is -4.37. The van der Waals surface area contributed by atoms with Crippen molar-refractivity contribution in [2.45, 2.75) is 225 Å². The van der Waals surface area contributed by atoms with E-state index < -0.39 is 26.5 Å². The Morgan fingerprint density at radius 1 is 0.527 bits per heavy atom. The van der Waals surface area contributed by atoms with Gasteiger partial charge in [-0.2, -0.15) is 0 Å². The lowest BCUT2D eigenvalue weighted by Gasteiger charge is -2.19. The Labute approximate surface area is 338 Å². The van der Waals surface area contributed by atoms with Gasteiger partial charge >= 0.3 is 19.8 Å². The average molecular weight is 800 g/mol. The summed E-state index contributed by atoms with van der Waals surface area (Å²) in [6.07, 6.45) is 44.9. The van der Waals surface area contributed by atoms with Gasteiger partial charge in [0.2, 0.25) is 0 Å². The highest BCUT2D eigenvalue weighted by Gasteiger charge is 2.26. The number of carbonyl (C=O) groups is 2. The lowest BCUT2D eigenvalue weighted by Crippen LogP contribution is -2.29. The first-order valence-electron chi connectivity index (χ1n) is 22.8. The Bertz CT molecular complexity index is 959. The van der Waals surface area contributed by atoms with E-state index in [1.807, 2.05) is 0 Å². The molecule has 0 aromatic rings. The van der Waals surface area contributed by atoms with Crippen LogP contribution in [0, 0.1) is 0 Å². The molecule has 0 aromatic heterocycles. The van der Waals surface area contributed by atoms with Gasteiger partial charge in [0.15, 0.2) is 6.10 Å². The van der Waals surface area contributed by atoms with Crippen LogP contribution in [0.4, 0.5) is 0 Å². The van der Waals surface area contributed by atoms with Gasteiger partial charge in [-0.1, -0.05) is 173 Å². The summed E-state index contributed by atoms with van der Waals surface area (Å²) in [5.74, 6) is -0.826. The van der Waals surface area contributed by atoms with E-state index in [9.17, 15) is 19.0 Å². The third kappa shape index (κ3) is 41.9. The SMILES string of the molecule is CCCC/C=C/CCCCCCCCCCCC(=O)O[C@H](COC(=O)CCCCCCCCCCC/C=C/CCCCCCCC)COP(=O)(O)OCCN. The van der Waals surface area contributed by atoms with Gasteiger partial charge in [0.05, 0.1) is 13.2 Å². The van der Waals surface area contributed by atoms with Crippen LogP contribution in [0.3, 0.4) is 0 Å². The second kappa shape index (κ2) is 42.1. The molecule has 9 nitrogen and oxygen atoms in total. The summed E-state index contributed by atoms with van der Waals surface area (Å²) in [5.41, 5.74) is 5.35. The van der Waals surface area contributed by atoms with Gasteiger partial charge in [-0.05, 0) is 57.8 Å². The van der Waals surface area contributed by atoms with Gasteiger partial charge in [0.1, 0.15) is 6.61 Å². The highest BCUT2D eigenvalue weighted by molar-refractivity contribution is 7.47. The molecule has 0 aromatic carbocycles. The van der Waals surface area contributed by atoms with Gasteiger partial charge < -0.3 is 20.1 Å². The number of hydrogen-bond donors (Lipinski definition) is 2. The summed E-state index contributed by atoms with van der Waals surface area (Å²) in [6.45, 7) is 3.72. The first kappa shape index (κ1) is 53.5. The van der Waals surface area contributed by atoms with E-state index in [0.717, 1.165) is 38.5 Å². The number of ether oxygens (including phenoxy) is 2. The van der Waals surface area contributed by atoms with Crippen LogP contribution >= 0.6 is 7.82 Å². The maximum absolute atomic E-state index is 12.6. The van der Waals surface area contributed by atoms with Gasteiger partial charge in [0.25, 0.3) is 0 Å². The van der Waals surface area contributed by atoms with Gasteiger partial charge in [-0.3, -0.25) is 18.6 Å². The number of hydrogen-bond acceptors (Lipinski definition) is 8. The van der Waals surface area contributed by atoms with E-state index in [1.54, 1.807) is 0 Å². The predicted octanol–water partition coefficient (Wildman–Crippen LogP) is 13.2. The van der Waals surface area contributed by atoms with Gasteiger partial charge in [-0.15, -0.1) is 0 Å². The van der Waals surface area contributed by atoms with Crippen molar-refractivity contribution in [3.05, 3.63) is 24.3 Å². The largest absolute Gasteiger partial charge is 0.472 e. The number of carbonyl (C=O) groups excluding carboxylic acids is 2. The quantitative estimate of drug-likeness (QED) is 0.0267. The molecule has 0 saturated heterocycles. The third-order valence-electron chi connectivity index (χ3n) is 9.81. The Balaban J connectivity index is 4.09. The van der Waals surface area contributed by atoms with Crippen molar-refractivity contribution in [3.63, 3.8) is 0 Å². The average Bonchev–Trinajstić information content (AvgIpc) is 3.17. The smallest absolute Gasteiger partial charge is 0.462 e. The second-order valence-corrected chi connectivity index (χ2v) is 16.7. The Morgan fingerprint density at radius 2 is 0.909 bits per heavy atom. The van der Waals surface area contributed by atoms with Crippen molar-refractivity contribution in [1.82, 2.24) is 0 Å². The summed E-state index contributed by atoms with van der Waals surface area (Å²) in [5, 5.41) is 0. The van der Waals surface area contributed by atoms with Crippen LogP contribution in [-0.4, -0.2) is 49.3 Å². The molecule has 1 unspecified atom stereocenters. The fourth-order valence-corrected chi connectivity index (χ4v) is 7.14. The van der Waals surface area contributed by atoms with E-state index in [-0.39, 0.29) is 38.6 Å². The molecule has 10 heteroatoms. The van der Waals surface area contributed by atoms with Crippen LogP contribution in [0.15, 0.2) is 24.3 Å². The molecular formula is C45H86NO8P. The molecule has 0 aliphatic heterocycles.